The van der Waals surface area contributed by atoms with Crippen LogP contribution in [0.15, 0.2) is 56.9 Å². The summed E-state index contributed by atoms with van der Waals surface area (Å²) in [6.07, 6.45) is 0.565. The van der Waals surface area contributed by atoms with E-state index in [4.69, 9.17) is 0 Å². The van der Waals surface area contributed by atoms with Gasteiger partial charge in [-0.1, -0.05) is 12.1 Å². The number of rotatable bonds is 5. The van der Waals surface area contributed by atoms with Crippen molar-refractivity contribution in [2.24, 2.45) is 0 Å². The molecular weight excluding hydrogens is 420 g/mol. The molecule has 9 nitrogen and oxygen atoms in total. The average molecular weight is 442 g/mol. The van der Waals surface area contributed by atoms with Gasteiger partial charge in [-0.25, -0.2) is 17.4 Å². The van der Waals surface area contributed by atoms with Crippen molar-refractivity contribution in [1.29, 1.82) is 0 Å². The molecule has 1 aliphatic heterocycles. The highest BCUT2D eigenvalue weighted by molar-refractivity contribution is 7.89. The fraction of sp³-hybridized carbons (Fsp3) is 0.286. The number of carbonyl (C=O) groups is 1. The zero-order valence-electron chi connectivity index (χ0n) is 17.2. The lowest BCUT2D eigenvalue weighted by Crippen LogP contribution is -2.34. The number of sulfonamides is 1. The lowest BCUT2D eigenvalue weighted by molar-refractivity contribution is -0.118. The first kappa shape index (κ1) is 21.0. The summed E-state index contributed by atoms with van der Waals surface area (Å²) in [4.78, 5) is 39.4. The van der Waals surface area contributed by atoms with Gasteiger partial charge in [0.2, 0.25) is 15.9 Å². The van der Waals surface area contributed by atoms with E-state index in [1.165, 1.54) is 20.2 Å². The number of benzene rings is 2. The molecule has 162 valence electrons. The zero-order valence-corrected chi connectivity index (χ0v) is 18.0. The van der Waals surface area contributed by atoms with Crippen LogP contribution in [0.4, 0.5) is 5.69 Å². The van der Waals surface area contributed by atoms with Crippen LogP contribution >= 0.6 is 0 Å². The molecule has 0 saturated heterocycles. The third-order valence-corrected chi connectivity index (χ3v) is 7.27. The summed E-state index contributed by atoms with van der Waals surface area (Å²) in [5.41, 5.74) is 0.710. The van der Waals surface area contributed by atoms with Crippen LogP contribution in [0, 0.1) is 0 Å². The van der Waals surface area contributed by atoms with E-state index >= 15 is 0 Å². The minimum atomic E-state index is -3.55. The number of aromatic amines is 1. The number of fused-ring (bicyclic) bond motifs is 2. The molecule has 1 N–H and O–H groups in total. The van der Waals surface area contributed by atoms with Crippen LogP contribution in [0.5, 0.6) is 0 Å². The number of anilines is 1. The second-order valence-electron chi connectivity index (χ2n) is 7.57. The zero-order chi connectivity index (χ0) is 22.3. The first-order chi connectivity index (χ1) is 14.7. The van der Waals surface area contributed by atoms with Crippen LogP contribution in [0.3, 0.4) is 0 Å². The molecule has 0 aliphatic carbocycles. The molecule has 31 heavy (non-hydrogen) atoms. The van der Waals surface area contributed by atoms with Gasteiger partial charge in [-0.3, -0.25) is 19.5 Å². The van der Waals surface area contributed by atoms with Crippen LogP contribution in [-0.2, 0) is 27.8 Å². The average Bonchev–Trinajstić information content (AvgIpc) is 3.18. The molecule has 0 unspecified atom stereocenters. The molecule has 1 aliphatic rings. The fourth-order valence-corrected chi connectivity index (χ4v) is 4.71. The highest BCUT2D eigenvalue weighted by Crippen LogP contribution is 2.31. The van der Waals surface area contributed by atoms with Crippen LogP contribution in [0.1, 0.15) is 12.0 Å². The molecule has 3 aromatic rings. The second kappa shape index (κ2) is 7.78. The molecule has 10 heteroatoms. The second-order valence-corrected chi connectivity index (χ2v) is 9.72. The van der Waals surface area contributed by atoms with E-state index in [2.05, 4.69) is 5.10 Å². The number of aryl methyl sites for hydroxylation is 1. The van der Waals surface area contributed by atoms with E-state index in [1.807, 2.05) is 0 Å². The summed E-state index contributed by atoms with van der Waals surface area (Å²) in [6.45, 7) is 0.472. The van der Waals surface area contributed by atoms with Gasteiger partial charge in [-0.15, -0.1) is 0 Å². The normalized spacial score (nSPS) is 13.7. The molecule has 0 atom stereocenters. The summed E-state index contributed by atoms with van der Waals surface area (Å²) < 4.78 is 27.0. The summed E-state index contributed by atoms with van der Waals surface area (Å²) in [5, 5.41) is 3.14. The summed E-state index contributed by atoms with van der Waals surface area (Å²) in [5.74, 6) is -0.206. The van der Waals surface area contributed by atoms with Gasteiger partial charge in [0.1, 0.15) is 0 Å². The Bertz CT molecular complexity index is 1410. The molecule has 0 radical (unpaired) electrons. The Labute approximate surface area is 178 Å². The number of carbonyl (C=O) groups excluding carboxylic acids is 1. The van der Waals surface area contributed by atoms with E-state index in [0.29, 0.717) is 29.4 Å². The molecule has 2 heterocycles. The van der Waals surface area contributed by atoms with Gasteiger partial charge >= 0.3 is 0 Å². The first-order valence-electron chi connectivity index (χ1n) is 9.78. The van der Waals surface area contributed by atoms with Crippen molar-refractivity contribution in [2.45, 2.75) is 24.3 Å². The largest absolute Gasteiger partial charge is 0.312 e. The first-order valence-corrected chi connectivity index (χ1v) is 11.2. The molecular formula is C21H22N4O5S. The number of H-pyrrole nitrogens is 1. The lowest BCUT2D eigenvalue weighted by Gasteiger charge is -2.18. The molecule has 1 aromatic heterocycles. The predicted octanol–water partition coefficient (Wildman–Crippen LogP) is 0.919. The van der Waals surface area contributed by atoms with Crippen molar-refractivity contribution in [2.75, 3.05) is 25.5 Å². The number of amides is 1. The standard InChI is InChI=1S/C21H22N4O5S/c1-23(2)31(29,30)15-7-8-18-14(13-15)9-11-24(18)19(26)10-12-25-21(28)17-6-4-3-5-16(17)20(27)22-25/h3-8,13H,9-12H2,1-2H3,(H,22,27). The third kappa shape index (κ3) is 3.68. The highest BCUT2D eigenvalue weighted by Gasteiger charge is 2.27. The fourth-order valence-electron chi connectivity index (χ4n) is 3.75. The highest BCUT2D eigenvalue weighted by atomic mass is 32.2. The Morgan fingerprint density at radius 1 is 1.10 bits per heavy atom. The maximum absolute atomic E-state index is 12.8. The van der Waals surface area contributed by atoms with Crippen molar-refractivity contribution in [3.63, 3.8) is 0 Å². The van der Waals surface area contributed by atoms with Gasteiger partial charge in [-0.2, -0.15) is 0 Å². The monoisotopic (exact) mass is 442 g/mol. The number of aromatic nitrogens is 2. The van der Waals surface area contributed by atoms with Crippen LogP contribution < -0.4 is 16.0 Å². The Hall–Kier alpha value is -3.24. The molecule has 4 rings (SSSR count). The molecule has 2 aromatic carbocycles. The van der Waals surface area contributed by atoms with Crippen molar-refractivity contribution >= 4 is 32.4 Å². The Balaban J connectivity index is 1.54. The topological polar surface area (TPSA) is 113 Å². The third-order valence-electron chi connectivity index (χ3n) is 5.46. The Morgan fingerprint density at radius 2 is 1.81 bits per heavy atom. The van der Waals surface area contributed by atoms with Crippen LogP contribution in [0.2, 0.25) is 0 Å². The van der Waals surface area contributed by atoms with Gasteiger partial charge in [-0.05, 0) is 42.3 Å². The van der Waals surface area contributed by atoms with Crippen LogP contribution in [0.25, 0.3) is 10.8 Å². The SMILES string of the molecule is CN(C)S(=O)(=O)c1ccc2c(c1)CCN2C(=O)CCn1[nH]c(=O)c2ccccc2c1=O. The van der Waals surface area contributed by atoms with Crippen molar-refractivity contribution in [3.05, 3.63) is 68.7 Å². The van der Waals surface area contributed by atoms with Crippen LogP contribution in [-0.4, -0.2) is 49.1 Å². The quantitative estimate of drug-likeness (QED) is 0.631. The molecule has 0 spiro atoms. The van der Waals surface area contributed by atoms with E-state index in [-0.39, 0.29) is 34.9 Å². The summed E-state index contributed by atoms with van der Waals surface area (Å²) in [6, 6.07) is 11.3. The number of hydrogen-bond donors (Lipinski definition) is 1. The van der Waals surface area contributed by atoms with E-state index < -0.39 is 10.0 Å². The molecule has 0 fully saturated rings. The number of hydrogen-bond acceptors (Lipinski definition) is 5. The van der Waals surface area contributed by atoms with Crippen molar-refractivity contribution in [3.8, 4) is 0 Å². The van der Waals surface area contributed by atoms with Gasteiger partial charge in [0.15, 0.2) is 0 Å². The smallest absolute Gasteiger partial charge is 0.273 e. The van der Waals surface area contributed by atoms with Gasteiger partial charge in [0, 0.05) is 32.7 Å². The van der Waals surface area contributed by atoms with Crippen molar-refractivity contribution in [1.82, 2.24) is 14.1 Å². The molecule has 1 amide bonds. The molecule has 0 saturated carbocycles. The maximum Gasteiger partial charge on any atom is 0.273 e. The maximum atomic E-state index is 12.8. The van der Waals surface area contributed by atoms with E-state index in [1.54, 1.807) is 41.3 Å². The molecule has 0 bridgehead atoms. The van der Waals surface area contributed by atoms with E-state index in [0.717, 1.165) is 14.6 Å². The van der Waals surface area contributed by atoms with Gasteiger partial charge in [0.05, 0.1) is 22.2 Å². The van der Waals surface area contributed by atoms with Gasteiger partial charge in [0.25, 0.3) is 11.1 Å². The predicted molar refractivity (Wildman–Crippen MR) is 117 cm³/mol. The lowest BCUT2D eigenvalue weighted by atomic mass is 10.2. The Morgan fingerprint density at radius 3 is 2.52 bits per heavy atom. The number of nitrogens with zero attached hydrogens (tertiary/aromatic N) is 3. The minimum absolute atomic E-state index is 0.0192. The summed E-state index contributed by atoms with van der Waals surface area (Å²) >= 11 is 0. The Kier molecular flexibility index (Phi) is 5.28. The number of nitrogens with one attached hydrogen (secondary N) is 1. The van der Waals surface area contributed by atoms with Gasteiger partial charge < -0.3 is 4.90 Å². The minimum Gasteiger partial charge on any atom is -0.312 e. The van der Waals surface area contributed by atoms with Crippen molar-refractivity contribution < 1.29 is 13.2 Å². The van der Waals surface area contributed by atoms with E-state index in [9.17, 15) is 22.8 Å². The summed E-state index contributed by atoms with van der Waals surface area (Å²) in [7, 11) is -0.612.